The smallest absolute Gasteiger partial charge is 0.0149 e. The predicted octanol–water partition coefficient (Wildman–Crippen LogP) is 7.30. The fourth-order valence-electron chi connectivity index (χ4n) is 2.45. The van der Waals surface area contributed by atoms with Gasteiger partial charge in [-0.05, 0) is 55.5 Å². The van der Waals surface area contributed by atoms with Crippen LogP contribution in [0.15, 0.2) is 72.8 Å². The molecule has 3 aromatic carbocycles. The van der Waals surface area contributed by atoms with Gasteiger partial charge in [0.15, 0.2) is 0 Å². The lowest BCUT2D eigenvalue weighted by Crippen LogP contribution is -1.88. The van der Waals surface area contributed by atoms with Crippen LogP contribution in [0.25, 0.3) is 11.1 Å². The molecule has 0 spiro atoms. The molecular formula is C24H30. The van der Waals surface area contributed by atoms with Crippen LogP contribution in [0.2, 0.25) is 0 Å². The van der Waals surface area contributed by atoms with Crippen molar-refractivity contribution in [1.29, 1.82) is 0 Å². The van der Waals surface area contributed by atoms with E-state index in [4.69, 9.17) is 0 Å². The maximum atomic E-state index is 2.20. The van der Waals surface area contributed by atoms with Gasteiger partial charge in [0.05, 0.1) is 0 Å². The van der Waals surface area contributed by atoms with Crippen LogP contribution in [0.1, 0.15) is 36.1 Å². The Hall–Kier alpha value is -2.34. The lowest BCUT2D eigenvalue weighted by molar-refractivity contribution is 1.33. The van der Waals surface area contributed by atoms with Gasteiger partial charge in [-0.2, -0.15) is 0 Å². The first-order valence-corrected chi connectivity index (χ1v) is 8.73. The molecule has 0 fully saturated rings. The van der Waals surface area contributed by atoms with Crippen LogP contribution in [0.3, 0.4) is 0 Å². The maximum absolute atomic E-state index is 2.20. The summed E-state index contributed by atoms with van der Waals surface area (Å²) in [5, 5.41) is 0. The normalized spacial score (nSPS) is 9.25. The minimum absolute atomic E-state index is 1.32. The van der Waals surface area contributed by atoms with Crippen molar-refractivity contribution in [1.82, 2.24) is 0 Å². The largest absolute Gasteiger partial charge is 0.0683 e. The third-order valence-corrected chi connectivity index (χ3v) is 3.98. The molecule has 24 heavy (non-hydrogen) atoms. The van der Waals surface area contributed by atoms with Crippen LogP contribution in [0.5, 0.6) is 0 Å². The third-order valence-electron chi connectivity index (χ3n) is 3.98. The number of rotatable bonds is 1. The van der Waals surface area contributed by atoms with E-state index in [2.05, 4.69) is 82.3 Å². The average Bonchev–Trinajstić information content (AvgIpc) is 2.61. The highest BCUT2D eigenvalue weighted by Crippen LogP contribution is 2.27. The highest BCUT2D eigenvalue weighted by molar-refractivity contribution is 5.71. The summed E-state index contributed by atoms with van der Waals surface area (Å²) >= 11 is 0. The number of hydrogen-bond acceptors (Lipinski definition) is 0. The molecule has 0 aromatic heterocycles. The summed E-state index contributed by atoms with van der Waals surface area (Å²) in [5.74, 6) is 0. The molecule has 0 heteroatoms. The van der Waals surface area contributed by atoms with Crippen LogP contribution in [0.4, 0.5) is 0 Å². The molecule has 0 saturated carbocycles. The summed E-state index contributed by atoms with van der Waals surface area (Å²) in [5.41, 5.74) is 8.10. The Morgan fingerprint density at radius 2 is 0.958 bits per heavy atom. The zero-order valence-corrected chi connectivity index (χ0v) is 15.9. The van der Waals surface area contributed by atoms with Crippen LogP contribution < -0.4 is 0 Å². The molecule has 0 heterocycles. The Labute approximate surface area is 148 Å². The Kier molecular flexibility index (Phi) is 8.57. The van der Waals surface area contributed by atoms with E-state index >= 15 is 0 Å². The van der Waals surface area contributed by atoms with E-state index < -0.39 is 0 Å². The van der Waals surface area contributed by atoms with Crippen molar-refractivity contribution >= 4 is 0 Å². The zero-order chi connectivity index (χ0) is 17.9. The Morgan fingerprint density at radius 3 is 1.50 bits per heavy atom. The third kappa shape index (κ3) is 5.70. The predicted molar refractivity (Wildman–Crippen MR) is 109 cm³/mol. The average molecular weight is 319 g/mol. The van der Waals surface area contributed by atoms with Gasteiger partial charge in [0.2, 0.25) is 0 Å². The molecule has 0 aliphatic heterocycles. The van der Waals surface area contributed by atoms with Gasteiger partial charge in [0, 0.05) is 0 Å². The lowest BCUT2D eigenvalue weighted by Gasteiger charge is -2.10. The molecule has 0 bridgehead atoms. The second kappa shape index (κ2) is 10.4. The van der Waals surface area contributed by atoms with Gasteiger partial charge in [-0.25, -0.2) is 0 Å². The molecule has 0 radical (unpaired) electrons. The van der Waals surface area contributed by atoms with E-state index in [-0.39, 0.29) is 0 Å². The van der Waals surface area contributed by atoms with E-state index in [1.807, 2.05) is 32.0 Å². The monoisotopic (exact) mass is 318 g/mol. The van der Waals surface area contributed by atoms with Crippen molar-refractivity contribution in [2.75, 3.05) is 0 Å². The van der Waals surface area contributed by atoms with Gasteiger partial charge in [-0.1, -0.05) is 92.2 Å². The van der Waals surface area contributed by atoms with E-state index in [9.17, 15) is 0 Å². The molecule has 0 amide bonds. The first-order chi connectivity index (χ1) is 11.6. The van der Waals surface area contributed by atoms with Crippen LogP contribution in [0, 0.1) is 27.7 Å². The first-order valence-electron chi connectivity index (χ1n) is 8.73. The molecule has 3 rings (SSSR count). The quantitative estimate of drug-likeness (QED) is 0.441. The molecule has 0 N–H and O–H groups in total. The van der Waals surface area contributed by atoms with Gasteiger partial charge in [-0.3, -0.25) is 0 Å². The van der Waals surface area contributed by atoms with Crippen molar-refractivity contribution in [2.45, 2.75) is 41.5 Å². The molecule has 0 aliphatic carbocycles. The SMILES string of the molecule is CC.Cc1ccccc1.Cc1ccccc1-c1cccc(C)c1C. The molecule has 3 aromatic rings. The Bertz CT molecular complexity index is 724. The maximum Gasteiger partial charge on any atom is -0.0149 e. The molecule has 0 unspecified atom stereocenters. The molecule has 0 atom stereocenters. The Balaban J connectivity index is 0.000000268. The lowest BCUT2D eigenvalue weighted by atomic mass is 9.94. The van der Waals surface area contributed by atoms with E-state index in [0.717, 1.165) is 0 Å². The van der Waals surface area contributed by atoms with Crippen molar-refractivity contribution in [3.05, 3.63) is 95.1 Å². The minimum atomic E-state index is 1.32. The number of hydrogen-bond donors (Lipinski definition) is 0. The van der Waals surface area contributed by atoms with Gasteiger partial charge >= 0.3 is 0 Å². The van der Waals surface area contributed by atoms with E-state index in [1.54, 1.807) is 0 Å². The summed E-state index contributed by atoms with van der Waals surface area (Å²) < 4.78 is 0. The van der Waals surface area contributed by atoms with Crippen molar-refractivity contribution in [2.24, 2.45) is 0 Å². The van der Waals surface area contributed by atoms with Gasteiger partial charge in [0.1, 0.15) is 0 Å². The fraction of sp³-hybridized carbons (Fsp3) is 0.250. The minimum Gasteiger partial charge on any atom is -0.0683 e. The molecule has 0 nitrogen and oxygen atoms in total. The summed E-state index contributed by atoms with van der Waals surface area (Å²) in [6, 6.07) is 25.3. The van der Waals surface area contributed by atoms with Crippen molar-refractivity contribution < 1.29 is 0 Å². The fourth-order valence-corrected chi connectivity index (χ4v) is 2.45. The van der Waals surface area contributed by atoms with Crippen molar-refractivity contribution in [3.63, 3.8) is 0 Å². The summed E-state index contributed by atoms with van der Waals surface area (Å²) in [6.07, 6.45) is 0. The van der Waals surface area contributed by atoms with Crippen LogP contribution in [-0.2, 0) is 0 Å². The molecule has 0 saturated heterocycles. The van der Waals surface area contributed by atoms with Gasteiger partial charge in [-0.15, -0.1) is 0 Å². The number of aryl methyl sites for hydroxylation is 3. The van der Waals surface area contributed by atoms with E-state index in [0.29, 0.717) is 0 Å². The van der Waals surface area contributed by atoms with Crippen molar-refractivity contribution in [3.8, 4) is 11.1 Å². The highest BCUT2D eigenvalue weighted by Gasteiger charge is 2.04. The van der Waals surface area contributed by atoms with Crippen LogP contribution in [-0.4, -0.2) is 0 Å². The second-order valence-corrected chi connectivity index (χ2v) is 5.72. The van der Waals surface area contributed by atoms with E-state index in [1.165, 1.54) is 33.4 Å². The zero-order valence-electron chi connectivity index (χ0n) is 15.9. The van der Waals surface area contributed by atoms with Gasteiger partial charge in [0.25, 0.3) is 0 Å². The van der Waals surface area contributed by atoms with Crippen LogP contribution >= 0.6 is 0 Å². The molecular weight excluding hydrogens is 288 g/mol. The van der Waals surface area contributed by atoms with Gasteiger partial charge < -0.3 is 0 Å². The summed E-state index contributed by atoms with van der Waals surface area (Å²) in [7, 11) is 0. The topological polar surface area (TPSA) is 0 Å². The molecule has 0 aliphatic rings. The standard InChI is InChI=1S/C15H16.C7H8.C2H6/c1-11-8-6-10-15(13(11)3)14-9-5-4-7-12(14)2;1-7-5-3-2-4-6-7;1-2/h4-10H,1-3H3;2-6H,1H3;1-2H3. The first kappa shape index (κ1) is 19.7. The second-order valence-electron chi connectivity index (χ2n) is 5.72. The highest BCUT2D eigenvalue weighted by atomic mass is 14.1. The summed E-state index contributed by atoms with van der Waals surface area (Å²) in [4.78, 5) is 0. The number of benzene rings is 3. The summed E-state index contributed by atoms with van der Waals surface area (Å²) in [6.45, 7) is 12.6. The Morgan fingerprint density at radius 1 is 0.458 bits per heavy atom. The molecule has 126 valence electrons.